The molecule has 320 valence electrons. The molecule has 7 atom stereocenters. The van der Waals surface area contributed by atoms with Crippen molar-refractivity contribution in [3.05, 3.63) is 108 Å². The first-order valence-electron chi connectivity index (χ1n) is 20.8. The van der Waals surface area contributed by atoms with E-state index in [-0.39, 0.29) is 32.1 Å². The summed E-state index contributed by atoms with van der Waals surface area (Å²) < 4.78 is 0. The lowest BCUT2D eigenvalue weighted by atomic mass is 10.00. The van der Waals surface area contributed by atoms with Crippen LogP contribution in [-0.4, -0.2) is 94.4 Å². The van der Waals surface area contributed by atoms with Crippen molar-refractivity contribution in [2.45, 2.75) is 114 Å². The molecule has 1 fully saturated rings. The Kier molecular flexibility index (Phi) is 16.8. The highest BCUT2D eigenvalue weighted by molar-refractivity contribution is 5.99. The largest absolute Gasteiger partial charge is 0.391 e. The van der Waals surface area contributed by atoms with Crippen molar-refractivity contribution < 1.29 is 33.9 Å². The normalized spacial score (nSPS) is 22.9. The van der Waals surface area contributed by atoms with Gasteiger partial charge in [0.2, 0.25) is 35.4 Å². The van der Waals surface area contributed by atoms with Gasteiger partial charge in [0, 0.05) is 36.4 Å². The lowest BCUT2D eigenvalue weighted by molar-refractivity contribution is -0.137. The number of para-hydroxylation sites is 1. The standard InChI is InChI=1S/C45H58N8O7/c1-3-4-20-34-40(55)50-36(24-29-15-7-5-8-16-29)43(58)51-38(26-31-27-47-33-21-12-11-19-32(31)33)44(59)49-35(22-13-14-23-46)41(56)53-39(28(2)54)45(60)52-37(42(57)48-34)25-30-17-9-6-10-18-30/h5-12,15-19,21,27-28,34-39,47,54H,3-4,13-14,20,22-26,46H2,1-2H3,(H,48,57)(H,49,59)(H,50,55)(H,51,58)(H,52,60)(H,53,56)/t28-,34+,35-,36+,37+,38+,39+/m1/s1. The summed E-state index contributed by atoms with van der Waals surface area (Å²) >= 11 is 0. The molecule has 5 rings (SSSR count). The van der Waals surface area contributed by atoms with Gasteiger partial charge in [0.15, 0.2) is 0 Å². The van der Waals surface area contributed by atoms with Crippen LogP contribution in [0.4, 0.5) is 0 Å². The number of carbonyl (C=O) groups excluding carboxylic acids is 6. The SMILES string of the molecule is CCCC[C@@H]1NC(=O)[C@H](Cc2ccccc2)NC(=O)[C@H]([C@@H](C)O)NC(=O)[C@@H](CCCCN)NC(=O)[C@H](Cc2c[nH]c3ccccc23)NC(=O)[C@H](Cc2ccccc2)NC1=O. The van der Waals surface area contributed by atoms with Gasteiger partial charge >= 0.3 is 0 Å². The lowest BCUT2D eigenvalue weighted by Crippen LogP contribution is -2.63. The second-order valence-electron chi connectivity index (χ2n) is 15.4. The molecule has 60 heavy (non-hydrogen) atoms. The first-order chi connectivity index (χ1) is 29.0. The molecule has 0 bridgehead atoms. The molecule has 6 amide bonds. The number of aromatic amines is 1. The molecule has 15 nitrogen and oxygen atoms in total. The summed E-state index contributed by atoms with van der Waals surface area (Å²) in [6.07, 6.45) is 3.01. The van der Waals surface area contributed by atoms with E-state index < -0.39 is 77.8 Å². The topological polar surface area (TPSA) is 237 Å². The quantitative estimate of drug-likeness (QED) is 0.0849. The minimum atomic E-state index is -1.53. The zero-order chi connectivity index (χ0) is 43.0. The van der Waals surface area contributed by atoms with Crippen molar-refractivity contribution in [2.24, 2.45) is 5.73 Å². The van der Waals surface area contributed by atoms with Crippen LogP contribution < -0.4 is 37.6 Å². The van der Waals surface area contributed by atoms with Gasteiger partial charge in [-0.05, 0) is 61.9 Å². The highest BCUT2D eigenvalue weighted by Gasteiger charge is 2.36. The molecule has 1 saturated heterocycles. The first-order valence-corrected chi connectivity index (χ1v) is 20.8. The molecule has 1 aliphatic rings. The summed E-state index contributed by atoms with van der Waals surface area (Å²) in [7, 11) is 0. The Bertz CT molecular complexity index is 2060. The number of aliphatic hydroxyl groups excluding tert-OH is 1. The number of rotatable bonds is 14. The smallest absolute Gasteiger partial charge is 0.245 e. The van der Waals surface area contributed by atoms with Crippen LogP contribution in [0, 0.1) is 0 Å². The van der Waals surface area contributed by atoms with Crippen molar-refractivity contribution in [3.8, 4) is 0 Å². The fourth-order valence-electron chi connectivity index (χ4n) is 7.30. The maximum absolute atomic E-state index is 14.5. The van der Waals surface area contributed by atoms with Crippen molar-refractivity contribution in [1.82, 2.24) is 36.9 Å². The molecule has 0 radical (unpaired) electrons. The van der Waals surface area contributed by atoms with Crippen LogP contribution in [0.3, 0.4) is 0 Å². The highest BCUT2D eigenvalue weighted by Crippen LogP contribution is 2.20. The van der Waals surface area contributed by atoms with E-state index in [1.165, 1.54) is 6.92 Å². The number of aliphatic hydroxyl groups is 1. The van der Waals surface area contributed by atoms with Crippen molar-refractivity contribution in [2.75, 3.05) is 6.54 Å². The first kappa shape index (κ1) is 45.0. The van der Waals surface area contributed by atoms with Crippen LogP contribution in [-0.2, 0) is 48.0 Å². The van der Waals surface area contributed by atoms with Gasteiger partial charge < -0.3 is 47.7 Å². The summed E-state index contributed by atoms with van der Waals surface area (Å²) in [6.45, 7) is 3.60. The van der Waals surface area contributed by atoms with Gasteiger partial charge in [0.05, 0.1) is 6.10 Å². The maximum atomic E-state index is 14.5. The molecule has 10 N–H and O–H groups in total. The molecule has 1 aliphatic heterocycles. The van der Waals surface area contributed by atoms with Crippen molar-refractivity contribution in [3.63, 3.8) is 0 Å². The van der Waals surface area contributed by atoms with Gasteiger partial charge in [-0.15, -0.1) is 0 Å². The van der Waals surface area contributed by atoms with E-state index >= 15 is 0 Å². The number of nitrogens with two attached hydrogens (primary N) is 1. The number of hydrogen-bond donors (Lipinski definition) is 9. The van der Waals surface area contributed by atoms with E-state index in [1.807, 2.05) is 67.6 Å². The second kappa shape index (κ2) is 22.3. The number of unbranched alkanes of at least 4 members (excludes halogenated alkanes) is 2. The number of aromatic nitrogens is 1. The number of H-pyrrole nitrogens is 1. The maximum Gasteiger partial charge on any atom is 0.245 e. The van der Waals surface area contributed by atoms with Gasteiger partial charge in [0.1, 0.15) is 36.3 Å². The monoisotopic (exact) mass is 822 g/mol. The van der Waals surface area contributed by atoms with E-state index in [0.29, 0.717) is 37.8 Å². The number of fused-ring (bicyclic) bond motifs is 1. The predicted octanol–water partition coefficient (Wildman–Crippen LogP) is 1.82. The number of amides is 6. The third-order valence-electron chi connectivity index (χ3n) is 10.7. The minimum Gasteiger partial charge on any atom is -0.391 e. The molecule has 2 heterocycles. The number of hydrogen-bond acceptors (Lipinski definition) is 8. The van der Waals surface area contributed by atoms with Crippen LogP contribution >= 0.6 is 0 Å². The molecule has 0 saturated carbocycles. The number of nitrogens with one attached hydrogen (secondary N) is 7. The molecule has 0 spiro atoms. The Labute approximate surface area is 350 Å². The van der Waals surface area contributed by atoms with E-state index in [4.69, 9.17) is 5.73 Å². The predicted molar refractivity (Wildman–Crippen MR) is 228 cm³/mol. The van der Waals surface area contributed by atoms with E-state index in [1.54, 1.807) is 30.5 Å². The fourth-order valence-corrected chi connectivity index (χ4v) is 7.30. The lowest BCUT2D eigenvalue weighted by Gasteiger charge is -2.30. The van der Waals surface area contributed by atoms with E-state index in [2.05, 4.69) is 36.9 Å². The second-order valence-corrected chi connectivity index (χ2v) is 15.4. The molecule has 15 heteroatoms. The molecular weight excluding hydrogens is 765 g/mol. The van der Waals surface area contributed by atoms with Crippen LogP contribution in [0.25, 0.3) is 10.9 Å². The van der Waals surface area contributed by atoms with E-state index in [9.17, 15) is 33.9 Å². The summed E-state index contributed by atoms with van der Waals surface area (Å²) in [5, 5.41) is 28.4. The summed E-state index contributed by atoms with van der Waals surface area (Å²) in [5.41, 5.74) is 8.76. The summed E-state index contributed by atoms with van der Waals surface area (Å²) in [5.74, 6) is -4.22. The van der Waals surface area contributed by atoms with Gasteiger partial charge in [0.25, 0.3) is 0 Å². The van der Waals surface area contributed by atoms with Crippen LogP contribution in [0.2, 0.25) is 0 Å². The van der Waals surface area contributed by atoms with E-state index in [0.717, 1.165) is 22.0 Å². The Balaban J connectivity index is 1.57. The molecule has 0 unspecified atom stereocenters. The van der Waals surface area contributed by atoms with Crippen molar-refractivity contribution >= 4 is 46.3 Å². The Morgan fingerprint density at radius 2 is 1.00 bits per heavy atom. The Morgan fingerprint density at radius 1 is 0.550 bits per heavy atom. The van der Waals surface area contributed by atoms with Gasteiger partial charge in [-0.2, -0.15) is 0 Å². The van der Waals surface area contributed by atoms with Gasteiger partial charge in [-0.3, -0.25) is 28.8 Å². The highest BCUT2D eigenvalue weighted by atomic mass is 16.3. The third kappa shape index (κ3) is 12.7. The van der Waals surface area contributed by atoms with Crippen LogP contribution in [0.15, 0.2) is 91.1 Å². The average Bonchev–Trinajstić information content (AvgIpc) is 3.65. The van der Waals surface area contributed by atoms with Crippen LogP contribution in [0.1, 0.15) is 69.1 Å². The summed E-state index contributed by atoms with van der Waals surface area (Å²) in [6, 6.07) is 18.1. The number of carbonyl (C=O) groups is 6. The Hall–Kier alpha value is -6.06. The molecule has 0 aliphatic carbocycles. The summed E-state index contributed by atoms with van der Waals surface area (Å²) in [4.78, 5) is 88.6. The fraction of sp³-hybridized carbons (Fsp3) is 0.422. The average molecular weight is 823 g/mol. The minimum absolute atomic E-state index is 0.0153. The van der Waals surface area contributed by atoms with Crippen molar-refractivity contribution in [1.29, 1.82) is 0 Å². The molecule has 1 aromatic heterocycles. The van der Waals surface area contributed by atoms with Gasteiger partial charge in [-0.25, -0.2) is 0 Å². The zero-order valence-corrected chi connectivity index (χ0v) is 34.2. The molecule has 4 aromatic rings. The van der Waals surface area contributed by atoms with Crippen LogP contribution in [0.5, 0.6) is 0 Å². The molecular formula is C45H58N8O7. The zero-order valence-electron chi connectivity index (χ0n) is 34.2. The third-order valence-corrected chi connectivity index (χ3v) is 10.7. The molecule has 3 aromatic carbocycles. The Morgan fingerprint density at radius 3 is 1.53 bits per heavy atom. The number of benzene rings is 3. The van der Waals surface area contributed by atoms with Gasteiger partial charge in [-0.1, -0.05) is 98.6 Å².